The lowest BCUT2D eigenvalue weighted by atomic mass is 10.0. The predicted molar refractivity (Wildman–Crippen MR) is 76.7 cm³/mol. The van der Waals surface area contributed by atoms with Crippen LogP contribution in [0.4, 0.5) is 4.39 Å². The molecule has 2 unspecified atom stereocenters. The second-order valence-corrected chi connectivity index (χ2v) is 6.16. The van der Waals surface area contributed by atoms with E-state index < -0.39 is 0 Å². The fraction of sp³-hybridized carbons (Fsp3) is 0.538. The Morgan fingerprint density at radius 1 is 1.61 bits per heavy atom. The van der Waals surface area contributed by atoms with Gasteiger partial charge in [0.15, 0.2) is 0 Å². The van der Waals surface area contributed by atoms with Crippen LogP contribution < -0.4 is 5.73 Å². The van der Waals surface area contributed by atoms with Crippen molar-refractivity contribution in [2.45, 2.75) is 18.5 Å². The number of rotatable bonds is 4. The molecular weight excluding hydrogens is 271 g/mol. The molecule has 1 fully saturated rings. The summed E-state index contributed by atoms with van der Waals surface area (Å²) < 4.78 is 13.1. The summed E-state index contributed by atoms with van der Waals surface area (Å²) in [5, 5.41) is 0.461. The van der Waals surface area contributed by atoms with Gasteiger partial charge in [0.25, 0.3) is 0 Å². The Labute approximate surface area is 117 Å². The maximum Gasteiger partial charge on any atom is 0.124 e. The first kappa shape index (κ1) is 14.1. The van der Waals surface area contributed by atoms with Crippen molar-refractivity contribution in [3.63, 3.8) is 0 Å². The number of benzene rings is 1. The second kappa shape index (κ2) is 6.24. The molecule has 1 aromatic carbocycles. The van der Waals surface area contributed by atoms with Crippen molar-refractivity contribution in [3.8, 4) is 0 Å². The molecule has 2 atom stereocenters. The molecule has 1 aromatic rings. The van der Waals surface area contributed by atoms with Gasteiger partial charge in [-0.2, -0.15) is 11.8 Å². The monoisotopic (exact) mass is 288 g/mol. The Hall–Kier alpha value is -0.290. The normalized spacial score (nSPS) is 21.5. The quantitative estimate of drug-likeness (QED) is 0.924. The molecule has 1 aliphatic rings. The van der Waals surface area contributed by atoms with Crippen LogP contribution in [0.15, 0.2) is 18.2 Å². The molecule has 0 spiro atoms. The van der Waals surface area contributed by atoms with Crippen molar-refractivity contribution >= 4 is 23.4 Å². The number of nitrogens with two attached hydrogens (primary N) is 1. The van der Waals surface area contributed by atoms with Gasteiger partial charge in [-0.1, -0.05) is 17.7 Å². The lowest BCUT2D eigenvalue weighted by Gasteiger charge is -2.32. The van der Waals surface area contributed by atoms with E-state index in [9.17, 15) is 4.39 Å². The first-order chi connectivity index (χ1) is 8.63. The van der Waals surface area contributed by atoms with Crippen LogP contribution in [-0.4, -0.2) is 36.0 Å². The number of likely N-dealkylation sites (N-methyl/N-ethyl adjacent to an activating group) is 1. The predicted octanol–water partition coefficient (Wildman–Crippen LogP) is 2.92. The number of nitrogens with zero attached hydrogens (tertiary/aromatic N) is 1. The van der Waals surface area contributed by atoms with Crippen LogP contribution in [0.1, 0.15) is 18.0 Å². The molecule has 0 aromatic heterocycles. The fourth-order valence-corrected chi connectivity index (χ4v) is 3.95. The van der Waals surface area contributed by atoms with Gasteiger partial charge >= 0.3 is 0 Å². The summed E-state index contributed by atoms with van der Waals surface area (Å²) in [5.74, 6) is 2.02. The maximum absolute atomic E-state index is 13.1. The molecule has 5 heteroatoms. The Kier molecular flexibility index (Phi) is 4.90. The highest BCUT2D eigenvalue weighted by Gasteiger charge is 2.27. The van der Waals surface area contributed by atoms with E-state index in [1.54, 1.807) is 6.07 Å². The summed E-state index contributed by atoms with van der Waals surface area (Å²) in [5.41, 5.74) is 6.80. The topological polar surface area (TPSA) is 29.3 Å². The van der Waals surface area contributed by atoms with Crippen molar-refractivity contribution in [1.29, 1.82) is 0 Å². The van der Waals surface area contributed by atoms with Crippen molar-refractivity contribution in [2.75, 3.05) is 25.1 Å². The van der Waals surface area contributed by atoms with E-state index in [2.05, 4.69) is 11.9 Å². The zero-order chi connectivity index (χ0) is 13.1. The van der Waals surface area contributed by atoms with Crippen LogP contribution in [0.3, 0.4) is 0 Å². The highest BCUT2D eigenvalue weighted by atomic mass is 35.5. The van der Waals surface area contributed by atoms with Crippen LogP contribution in [-0.2, 0) is 0 Å². The SMILES string of the molecule is CN(C1CCSC1)C(CN)c1ccc(F)cc1Cl. The molecule has 2 rings (SSSR count). The van der Waals surface area contributed by atoms with Gasteiger partial charge in [0, 0.05) is 29.4 Å². The van der Waals surface area contributed by atoms with E-state index in [0.29, 0.717) is 17.6 Å². The van der Waals surface area contributed by atoms with Gasteiger partial charge in [0.2, 0.25) is 0 Å². The summed E-state index contributed by atoms with van der Waals surface area (Å²) in [6.45, 7) is 0.489. The average molecular weight is 289 g/mol. The molecule has 0 amide bonds. The molecule has 1 heterocycles. The lowest BCUT2D eigenvalue weighted by Crippen LogP contribution is -2.38. The summed E-state index contributed by atoms with van der Waals surface area (Å²) in [6.07, 6.45) is 1.18. The highest BCUT2D eigenvalue weighted by molar-refractivity contribution is 7.99. The molecule has 0 radical (unpaired) electrons. The molecular formula is C13H18ClFN2S. The van der Waals surface area contributed by atoms with Crippen LogP contribution in [0, 0.1) is 5.82 Å². The Balaban J connectivity index is 2.21. The van der Waals surface area contributed by atoms with Gasteiger partial charge in [-0.05, 0) is 36.9 Å². The Morgan fingerprint density at radius 2 is 2.39 bits per heavy atom. The van der Waals surface area contributed by atoms with Gasteiger partial charge in [-0.25, -0.2) is 4.39 Å². The van der Waals surface area contributed by atoms with E-state index in [4.69, 9.17) is 17.3 Å². The van der Waals surface area contributed by atoms with Crippen molar-refractivity contribution < 1.29 is 4.39 Å². The zero-order valence-corrected chi connectivity index (χ0v) is 12.0. The van der Waals surface area contributed by atoms with Gasteiger partial charge in [-0.3, -0.25) is 4.90 Å². The number of hydrogen-bond acceptors (Lipinski definition) is 3. The Morgan fingerprint density at radius 3 is 2.94 bits per heavy atom. The van der Waals surface area contributed by atoms with E-state index in [-0.39, 0.29) is 11.9 Å². The molecule has 2 nitrogen and oxygen atoms in total. The standard InChI is InChI=1S/C13H18ClFN2S/c1-17(10-4-5-18-8-10)13(7-16)11-3-2-9(15)6-12(11)14/h2-3,6,10,13H,4-5,7-8,16H2,1H3. The van der Waals surface area contributed by atoms with Gasteiger partial charge < -0.3 is 5.73 Å². The molecule has 1 saturated heterocycles. The molecule has 100 valence electrons. The third-order valence-corrected chi connectivity index (χ3v) is 4.99. The molecule has 2 N–H and O–H groups in total. The largest absolute Gasteiger partial charge is 0.329 e. The summed E-state index contributed by atoms with van der Waals surface area (Å²) in [4.78, 5) is 2.28. The lowest BCUT2D eigenvalue weighted by molar-refractivity contribution is 0.193. The van der Waals surface area contributed by atoms with Crippen LogP contribution in [0.2, 0.25) is 5.02 Å². The minimum atomic E-state index is -0.307. The summed E-state index contributed by atoms with van der Waals surface area (Å²) in [7, 11) is 2.08. The fourth-order valence-electron chi connectivity index (χ4n) is 2.38. The van der Waals surface area contributed by atoms with Gasteiger partial charge in [0.1, 0.15) is 5.82 Å². The summed E-state index contributed by atoms with van der Waals surface area (Å²) >= 11 is 8.09. The van der Waals surface area contributed by atoms with Crippen molar-refractivity contribution in [3.05, 3.63) is 34.6 Å². The molecule has 1 aliphatic heterocycles. The molecule has 18 heavy (non-hydrogen) atoms. The number of hydrogen-bond donors (Lipinski definition) is 1. The van der Waals surface area contributed by atoms with E-state index in [1.165, 1.54) is 24.3 Å². The van der Waals surface area contributed by atoms with Crippen molar-refractivity contribution in [2.24, 2.45) is 5.73 Å². The van der Waals surface area contributed by atoms with E-state index in [1.807, 2.05) is 11.8 Å². The van der Waals surface area contributed by atoms with Crippen LogP contribution in [0.25, 0.3) is 0 Å². The molecule has 0 aliphatic carbocycles. The third kappa shape index (κ3) is 2.99. The van der Waals surface area contributed by atoms with Crippen LogP contribution >= 0.6 is 23.4 Å². The van der Waals surface area contributed by atoms with Gasteiger partial charge in [0.05, 0.1) is 0 Å². The minimum absolute atomic E-state index is 0.0572. The van der Waals surface area contributed by atoms with Gasteiger partial charge in [-0.15, -0.1) is 0 Å². The Bertz CT molecular complexity index is 410. The first-order valence-electron chi connectivity index (χ1n) is 6.08. The first-order valence-corrected chi connectivity index (χ1v) is 7.61. The number of thioether (sulfide) groups is 1. The second-order valence-electron chi connectivity index (χ2n) is 4.60. The number of halogens is 2. The maximum atomic E-state index is 13.1. The molecule has 0 bridgehead atoms. The minimum Gasteiger partial charge on any atom is -0.329 e. The zero-order valence-electron chi connectivity index (χ0n) is 10.4. The summed E-state index contributed by atoms with van der Waals surface area (Å²) in [6, 6.07) is 5.14. The third-order valence-electron chi connectivity index (χ3n) is 3.52. The average Bonchev–Trinajstić information content (AvgIpc) is 2.86. The molecule has 0 saturated carbocycles. The van der Waals surface area contributed by atoms with Crippen molar-refractivity contribution in [1.82, 2.24) is 4.90 Å². The van der Waals surface area contributed by atoms with E-state index in [0.717, 1.165) is 11.3 Å². The van der Waals surface area contributed by atoms with Crippen LogP contribution in [0.5, 0.6) is 0 Å². The smallest absolute Gasteiger partial charge is 0.124 e. The highest BCUT2D eigenvalue weighted by Crippen LogP contribution is 2.31. The van der Waals surface area contributed by atoms with E-state index >= 15 is 0 Å².